The van der Waals surface area contributed by atoms with E-state index < -0.39 is 0 Å². The predicted octanol–water partition coefficient (Wildman–Crippen LogP) is 2.09. The summed E-state index contributed by atoms with van der Waals surface area (Å²) >= 11 is 5.65. The monoisotopic (exact) mass is 259 g/mol. The molecule has 1 N–H and O–H groups in total. The molecule has 0 aliphatic carbocycles. The van der Waals surface area contributed by atoms with E-state index >= 15 is 0 Å². The van der Waals surface area contributed by atoms with Gasteiger partial charge < -0.3 is 14.8 Å². The van der Waals surface area contributed by atoms with Gasteiger partial charge in [0.25, 0.3) is 0 Å². The van der Waals surface area contributed by atoms with Crippen LogP contribution in [-0.4, -0.2) is 53.0 Å². The molecule has 1 saturated heterocycles. The number of aromatic amines is 1. The van der Waals surface area contributed by atoms with Gasteiger partial charge in [-0.2, -0.15) is 0 Å². The molecule has 1 aromatic carbocycles. The molecular weight excluding hydrogens is 242 g/mol. The van der Waals surface area contributed by atoms with Gasteiger partial charge in [-0.15, -0.1) is 0 Å². The van der Waals surface area contributed by atoms with E-state index in [0.717, 1.165) is 42.2 Å². The summed E-state index contributed by atoms with van der Waals surface area (Å²) in [6.07, 6.45) is 2.03. The summed E-state index contributed by atoms with van der Waals surface area (Å²) in [7, 11) is 2.16. The van der Waals surface area contributed by atoms with Gasteiger partial charge >= 0.3 is 0 Å². The zero-order valence-electron chi connectivity index (χ0n) is 10.5. The van der Waals surface area contributed by atoms with Crippen molar-refractivity contribution in [1.82, 2.24) is 14.8 Å². The number of para-hydroxylation sites is 1. The second kappa shape index (κ2) is 4.71. The number of hydrogen-bond donors (Lipinski definition) is 1. The minimum atomic E-state index is 0.973. The highest BCUT2D eigenvalue weighted by Gasteiger charge is 2.19. The third-order valence-corrected chi connectivity index (χ3v) is 4.09. The molecule has 0 unspecified atom stereocenters. The van der Waals surface area contributed by atoms with E-state index in [1.54, 1.807) is 0 Å². The molecule has 4 heteroatoms. The quantitative estimate of drug-likeness (QED) is 0.793. The van der Waals surface area contributed by atoms with Crippen LogP contribution in [0.15, 0.2) is 30.5 Å². The molecule has 1 aromatic heterocycles. The Morgan fingerprint density at radius 3 is 2.67 bits per heavy atom. The Morgan fingerprint density at radius 2 is 1.89 bits per heavy atom. The van der Waals surface area contributed by atoms with Crippen LogP contribution in [0.4, 0.5) is 0 Å². The lowest BCUT2D eigenvalue weighted by Crippen LogP contribution is -2.46. The van der Waals surface area contributed by atoms with Crippen molar-refractivity contribution in [3.8, 4) is 0 Å². The molecule has 1 fully saturated rings. The van der Waals surface area contributed by atoms with E-state index in [1.165, 1.54) is 5.39 Å². The Hall–Kier alpha value is -1.39. The maximum Gasteiger partial charge on any atom is 0.111 e. The minimum Gasteiger partial charge on any atom is -0.360 e. The summed E-state index contributed by atoms with van der Waals surface area (Å²) in [5.41, 5.74) is 2.31. The largest absolute Gasteiger partial charge is 0.360 e. The molecule has 0 saturated carbocycles. The summed E-state index contributed by atoms with van der Waals surface area (Å²) in [6, 6.07) is 8.32. The number of nitrogens with zero attached hydrogens (tertiary/aromatic N) is 2. The number of nitrogens with one attached hydrogen (secondary N) is 1. The summed E-state index contributed by atoms with van der Waals surface area (Å²) in [6.45, 7) is 4.22. The second-order valence-corrected chi connectivity index (χ2v) is 5.23. The lowest BCUT2D eigenvalue weighted by atomic mass is 10.1. The molecule has 1 aliphatic heterocycles. The molecular formula is C14H17N3S. The van der Waals surface area contributed by atoms with Gasteiger partial charge in [-0.1, -0.05) is 30.4 Å². The van der Waals surface area contributed by atoms with Crippen LogP contribution in [0.2, 0.25) is 0 Å². The van der Waals surface area contributed by atoms with Crippen molar-refractivity contribution in [2.45, 2.75) is 0 Å². The van der Waals surface area contributed by atoms with Crippen molar-refractivity contribution < 1.29 is 0 Å². The topological polar surface area (TPSA) is 22.3 Å². The average Bonchev–Trinajstić information content (AvgIpc) is 2.82. The first-order valence-corrected chi connectivity index (χ1v) is 6.70. The number of hydrogen-bond acceptors (Lipinski definition) is 2. The van der Waals surface area contributed by atoms with Gasteiger partial charge in [0.15, 0.2) is 0 Å². The van der Waals surface area contributed by atoms with E-state index in [0.29, 0.717) is 0 Å². The molecule has 3 nitrogen and oxygen atoms in total. The van der Waals surface area contributed by atoms with Crippen LogP contribution in [0.3, 0.4) is 0 Å². The standard InChI is InChI=1S/C14H17N3S/c1-16-6-8-17(9-7-16)14(18)12-10-15-13-5-3-2-4-11(12)13/h2-5,10,15H,6-9H2,1H3. The van der Waals surface area contributed by atoms with Crippen LogP contribution in [0, 0.1) is 0 Å². The third kappa shape index (κ3) is 2.02. The molecule has 2 heterocycles. The van der Waals surface area contributed by atoms with Gasteiger partial charge in [0.2, 0.25) is 0 Å². The summed E-state index contributed by atoms with van der Waals surface area (Å²) in [5.74, 6) is 0. The lowest BCUT2D eigenvalue weighted by molar-refractivity contribution is 0.218. The number of benzene rings is 1. The third-order valence-electron chi connectivity index (χ3n) is 3.61. The van der Waals surface area contributed by atoms with Crippen molar-refractivity contribution in [2.24, 2.45) is 0 Å². The van der Waals surface area contributed by atoms with Gasteiger partial charge in [0.1, 0.15) is 4.99 Å². The molecule has 0 radical (unpaired) electrons. The molecule has 94 valence electrons. The normalized spacial score (nSPS) is 17.3. The number of H-pyrrole nitrogens is 1. The average molecular weight is 259 g/mol. The molecule has 0 amide bonds. The van der Waals surface area contributed by atoms with Crippen LogP contribution >= 0.6 is 12.2 Å². The van der Waals surface area contributed by atoms with E-state index in [1.807, 2.05) is 12.3 Å². The van der Waals surface area contributed by atoms with Crippen LogP contribution in [0.1, 0.15) is 5.56 Å². The van der Waals surface area contributed by atoms with Crippen molar-refractivity contribution in [2.75, 3.05) is 33.2 Å². The zero-order valence-corrected chi connectivity index (χ0v) is 11.3. The summed E-state index contributed by atoms with van der Waals surface area (Å²) in [4.78, 5) is 8.92. The van der Waals surface area contributed by atoms with E-state index in [-0.39, 0.29) is 0 Å². The maximum absolute atomic E-state index is 5.65. The van der Waals surface area contributed by atoms with E-state index in [9.17, 15) is 0 Å². The van der Waals surface area contributed by atoms with Crippen LogP contribution in [-0.2, 0) is 0 Å². The number of fused-ring (bicyclic) bond motifs is 1. The van der Waals surface area contributed by atoms with Crippen molar-refractivity contribution >= 4 is 28.1 Å². The van der Waals surface area contributed by atoms with E-state index in [2.05, 4.69) is 40.0 Å². The smallest absolute Gasteiger partial charge is 0.111 e. The minimum absolute atomic E-state index is 0.973. The fourth-order valence-corrected chi connectivity index (χ4v) is 2.78. The number of thiocarbonyl (C=S) groups is 1. The molecule has 0 spiro atoms. The van der Waals surface area contributed by atoms with Crippen LogP contribution < -0.4 is 0 Å². The number of rotatable bonds is 1. The second-order valence-electron chi connectivity index (χ2n) is 4.84. The van der Waals surface area contributed by atoms with Crippen molar-refractivity contribution in [3.63, 3.8) is 0 Å². The summed E-state index contributed by atoms with van der Waals surface area (Å²) < 4.78 is 0. The highest BCUT2D eigenvalue weighted by molar-refractivity contribution is 7.80. The number of likely N-dealkylation sites (N-methyl/N-ethyl adjacent to an activating group) is 1. The summed E-state index contributed by atoms with van der Waals surface area (Å²) in [5, 5.41) is 1.22. The van der Waals surface area contributed by atoms with Crippen molar-refractivity contribution in [3.05, 3.63) is 36.0 Å². The molecule has 2 aromatic rings. The molecule has 3 rings (SSSR count). The Morgan fingerprint density at radius 1 is 1.17 bits per heavy atom. The maximum atomic E-state index is 5.65. The fraction of sp³-hybridized carbons (Fsp3) is 0.357. The number of piperazine rings is 1. The number of aromatic nitrogens is 1. The fourth-order valence-electron chi connectivity index (χ4n) is 2.43. The highest BCUT2D eigenvalue weighted by atomic mass is 32.1. The predicted molar refractivity (Wildman–Crippen MR) is 79.1 cm³/mol. The van der Waals surface area contributed by atoms with Gasteiger partial charge in [-0.25, -0.2) is 0 Å². The molecule has 0 atom stereocenters. The van der Waals surface area contributed by atoms with Crippen molar-refractivity contribution in [1.29, 1.82) is 0 Å². The Labute approximate surface area is 112 Å². The Bertz CT molecular complexity index is 567. The first kappa shape index (κ1) is 11.7. The van der Waals surface area contributed by atoms with Crippen LogP contribution in [0.25, 0.3) is 10.9 Å². The highest BCUT2D eigenvalue weighted by Crippen LogP contribution is 2.20. The first-order chi connectivity index (χ1) is 8.75. The van der Waals surface area contributed by atoms with E-state index in [4.69, 9.17) is 12.2 Å². The SMILES string of the molecule is CN1CCN(C(=S)c2c[nH]c3ccccc23)CC1. The molecule has 0 bridgehead atoms. The van der Waals surface area contributed by atoms with Gasteiger partial charge in [-0.05, 0) is 13.1 Å². The first-order valence-electron chi connectivity index (χ1n) is 6.29. The zero-order chi connectivity index (χ0) is 12.5. The molecule has 18 heavy (non-hydrogen) atoms. The van der Waals surface area contributed by atoms with Gasteiger partial charge in [0, 0.05) is 48.8 Å². The van der Waals surface area contributed by atoms with Gasteiger partial charge in [0.05, 0.1) is 0 Å². The Kier molecular flexibility index (Phi) is 3.06. The lowest BCUT2D eigenvalue weighted by Gasteiger charge is -2.34. The van der Waals surface area contributed by atoms with Crippen LogP contribution in [0.5, 0.6) is 0 Å². The van der Waals surface area contributed by atoms with Gasteiger partial charge in [-0.3, -0.25) is 0 Å². The Balaban J connectivity index is 1.88. The molecule has 1 aliphatic rings.